The van der Waals surface area contributed by atoms with E-state index in [1.54, 1.807) is 0 Å². The van der Waals surface area contributed by atoms with Gasteiger partial charge in [0.15, 0.2) is 4.34 Å². The Hall–Kier alpha value is -2.18. The number of ether oxygens (including phenoxy) is 1. The van der Waals surface area contributed by atoms with Gasteiger partial charge in [0.05, 0.1) is 17.4 Å². The summed E-state index contributed by atoms with van der Waals surface area (Å²) in [6.45, 7) is 1.18. The molecule has 12 heteroatoms. The standard InChI is InChI=1S/C17H17F3N4O3S2/c18-17(19,20)11-4-1-3-10(7-11)14(26)22-15-23-24-16(29-15)28-9-13(25)21-8-12-5-2-6-27-12/h1,3-4,7,12H,2,5-6,8-9H2,(H,21,25)(H,22,23,26). The summed E-state index contributed by atoms with van der Waals surface area (Å²) in [6.07, 6.45) is -2.55. The molecule has 1 unspecified atom stereocenters. The van der Waals surface area contributed by atoms with Gasteiger partial charge in [0, 0.05) is 18.7 Å². The van der Waals surface area contributed by atoms with Crippen LogP contribution in [0.15, 0.2) is 28.6 Å². The van der Waals surface area contributed by atoms with E-state index in [1.165, 1.54) is 6.07 Å². The summed E-state index contributed by atoms with van der Waals surface area (Å²) < 4.78 is 44.2. The Bertz CT molecular complexity index is 870. The lowest BCUT2D eigenvalue weighted by Crippen LogP contribution is -2.32. The number of carbonyl (C=O) groups excluding carboxylic acids is 2. The number of aromatic nitrogens is 2. The largest absolute Gasteiger partial charge is 0.416 e. The summed E-state index contributed by atoms with van der Waals surface area (Å²) in [5, 5.41) is 13.0. The average molecular weight is 446 g/mol. The molecule has 1 saturated heterocycles. The molecule has 1 atom stereocenters. The Labute approximate surface area is 172 Å². The van der Waals surface area contributed by atoms with Crippen molar-refractivity contribution in [3.8, 4) is 0 Å². The number of nitrogens with one attached hydrogen (secondary N) is 2. The summed E-state index contributed by atoms with van der Waals surface area (Å²) >= 11 is 2.19. The molecule has 2 heterocycles. The number of benzene rings is 1. The zero-order chi connectivity index (χ0) is 20.9. The van der Waals surface area contributed by atoms with E-state index in [2.05, 4.69) is 20.8 Å². The first-order valence-electron chi connectivity index (χ1n) is 8.64. The van der Waals surface area contributed by atoms with Gasteiger partial charge in [0.1, 0.15) is 0 Å². The molecule has 2 N–H and O–H groups in total. The van der Waals surface area contributed by atoms with Gasteiger partial charge < -0.3 is 10.1 Å². The Balaban J connectivity index is 1.48. The molecule has 0 saturated carbocycles. The first-order chi connectivity index (χ1) is 13.8. The molecule has 0 bridgehead atoms. The minimum absolute atomic E-state index is 0.0585. The summed E-state index contributed by atoms with van der Waals surface area (Å²) in [6, 6.07) is 4.10. The van der Waals surface area contributed by atoms with E-state index in [0.29, 0.717) is 10.9 Å². The number of hydrogen-bond donors (Lipinski definition) is 2. The van der Waals surface area contributed by atoms with Crippen molar-refractivity contribution < 1.29 is 27.5 Å². The van der Waals surface area contributed by atoms with Crippen LogP contribution in [0.1, 0.15) is 28.8 Å². The van der Waals surface area contributed by atoms with Crippen molar-refractivity contribution >= 4 is 40.0 Å². The van der Waals surface area contributed by atoms with Crippen molar-refractivity contribution in [2.45, 2.75) is 29.5 Å². The average Bonchev–Trinajstić information content (AvgIpc) is 3.36. The van der Waals surface area contributed by atoms with Crippen LogP contribution in [0.25, 0.3) is 0 Å². The molecule has 1 fully saturated rings. The van der Waals surface area contributed by atoms with Gasteiger partial charge in [-0.2, -0.15) is 13.2 Å². The third-order valence-corrected chi connectivity index (χ3v) is 5.93. The first-order valence-corrected chi connectivity index (χ1v) is 10.4. The molecule has 0 radical (unpaired) electrons. The number of anilines is 1. The molecule has 1 aliphatic rings. The Morgan fingerprint density at radius 1 is 1.31 bits per heavy atom. The number of halogens is 3. The molecule has 1 aromatic carbocycles. The molecular weight excluding hydrogens is 429 g/mol. The van der Waals surface area contributed by atoms with E-state index in [9.17, 15) is 22.8 Å². The fourth-order valence-corrected chi connectivity index (χ4v) is 4.11. The second-order valence-electron chi connectivity index (χ2n) is 6.13. The summed E-state index contributed by atoms with van der Waals surface area (Å²) in [4.78, 5) is 24.0. The predicted octanol–water partition coefficient (Wildman–Crippen LogP) is 3.20. The second-order valence-corrected chi connectivity index (χ2v) is 8.33. The molecule has 29 heavy (non-hydrogen) atoms. The third kappa shape index (κ3) is 6.41. The van der Waals surface area contributed by atoms with E-state index >= 15 is 0 Å². The molecule has 2 amide bonds. The van der Waals surface area contributed by atoms with Crippen molar-refractivity contribution in [1.82, 2.24) is 15.5 Å². The summed E-state index contributed by atoms with van der Waals surface area (Å²) in [5.74, 6) is -0.767. The van der Waals surface area contributed by atoms with Gasteiger partial charge in [0.2, 0.25) is 11.0 Å². The third-order valence-electron chi connectivity index (χ3n) is 3.96. The zero-order valence-electron chi connectivity index (χ0n) is 15.0. The highest BCUT2D eigenvalue weighted by Crippen LogP contribution is 2.30. The van der Waals surface area contributed by atoms with Crippen molar-refractivity contribution in [3.63, 3.8) is 0 Å². The molecule has 2 aromatic rings. The van der Waals surface area contributed by atoms with E-state index in [0.717, 1.165) is 60.7 Å². The lowest BCUT2D eigenvalue weighted by molar-refractivity contribution is -0.137. The van der Waals surface area contributed by atoms with Crippen LogP contribution in [0, 0.1) is 0 Å². The maximum absolute atomic E-state index is 12.8. The quantitative estimate of drug-likeness (QED) is 0.501. The van der Waals surface area contributed by atoms with Crippen LogP contribution in [0.3, 0.4) is 0 Å². The number of carbonyl (C=O) groups is 2. The lowest BCUT2D eigenvalue weighted by Gasteiger charge is -2.09. The highest BCUT2D eigenvalue weighted by Gasteiger charge is 2.31. The van der Waals surface area contributed by atoms with Gasteiger partial charge in [0.25, 0.3) is 5.91 Å². The van der Waals surface area contributed by atoms with Crippen LogP contribution >= 0.6 is 23.1 Å². The van der Waals surface area contributed by atoms with E-state index in [-0.39, 0.29) is 28.5 Å². The minimum Gasteiger partial charge on any atom is -0.376 e. The first kappa shape index (κ1) is 21.5. The highest BCUT2D eigenvalue weighted by atomic mass is 32.2. The van der Waals surface area contributed by atoms with Crippen LogP contribution in [-0.2, 0) is 15.7 Å². The topological polar surface area (TPSA) is 93.2 Å². The van der Waals surface area contributed by atoms with Crippen molar-refractivity contribution in [1.29, 1.82) is 0 Å². The van der Waals surface area contributed by atoms with Crippen LogP contribution in [0.2, 0.25) is 0 Å². The Kier molecular flexibility index (Phi) is 7.09. The van der Waals surface area contributed by atoms with Crippen molar-refractivity contribution in [2.75, 3.05) is 24.2 Å². The number of hydrogen-bond acceptors (Lipinski definition) is 7. The number of nitrogens with zero attached hydrogens (tertiary/aromatic N) is 2. The molecular formula is C17H17F3N4O3S2. The van der Waals surface area contributed by atoms with E-state index in [1.807, 2.05) is 0 Å². The minimum atomic E-state index is -4.53. The molecule has 0 spiro atoms. The van der Waals surface area contributed by atoms with Gasteiger partial charge in [-0.25, -0.2) is 0 Å². The van der Waals surface area contributed by atoms with Crippen molar-refractivity contribution in [2.24, 2.45) is 0 Å². The number of amides is 2. The van der Waals surface area contributed by atoms with Gasteiger partial charge >= 0.3 is 6.18 Å². The van der Waals surface area contributed by atoms with Gasteiger partial charge in [-0.15, -0.1) is 10.2 Å². The van der Waals surface area contributed by atoms with E-state index < -0.39 is 17.6 Å². The fraction of sp³-hybridized carbons (Fsp3) is 0.412. The van der Waals surface area contributed by atoms with Crippen LogP contribution < -0.4 is 10.6 Å². The number of alkyl halides is 3. The molecule has 1 aliphatic heterocycles. The van der Waals surface area contributed by atoms with E-state index in [4.69, 9.17) is 4.74 Å². The Morgan fingerprint density at radius 2 is 2.14 bits per heavy atom. The molecule has 0 aliphatic carbocycles. The SMILES string of the molecule is O=C(CSc1nnc(NC(=O)c2cccc(C(F)(F)F)c2)s1)NCC1CCCO1. The molecule has 1 aromatic heterocycles. The molecule has 7 nitrogen and oxygen atoms in total. The second kappa shape index (κ2) is 9.55. The van der Waals surface area contributed by atoms with Gasteiger partial charge in [-0.1, -0.05) is 29.2 Å². The number of thioether (sulfide) groups is 1. The monoisotopic (exact) mass is 446 g/mol. The molecule has 3 rings (SSSR count). The van der Waals surface area contributed by atoms with Gasteiger partial charge in [-0.3, -0.25) is 14.9 Å². The number of rotatable bonds is 7. The van der Waals surface area contributed by atoms with Crippen molar-refractivity contribution in [3.05, 3.63) is 35.4 Å². The predicted molar refractivity (Wildman–Crippen MR) is 102 cm³/mol. The summed E-state index contributed by atoms with van der Waals surface area (Å²) in [5.41, 5.74) is -1.05. The van der Waals surface area contributed by atoms with Crippen LogP contribution in [-0.4, -0.2) is 47.0 Å². The Morgan fingerprint density at radius 3 is 2.86 bits per heavy atom. The molecule has 156 valence electrons. The summed E-state index contributed by atoms with van der Waals surface area (Å²) in [7, 11) is 0. The maximum Gasteiger partial charge on any atom is 0.416 e. The fourth-order valence-electron chi connectivity index (χ4n) is 2.54. The van der Waals surface area contributed by atoms with Crippen LogP contribution in [0.5, 0.6) is 0 Å². The maximum atomic E-state index is 12.8. The van der Waals surface area contributed by atoms with Crippen LogP contribution in [0.4, 0.5) is 18.3 Å². The highest BCUT2D eigenvalue weighted by molar-refractivity contribution is 8.01. The van der Waals surface area contributed by atoms with Gasteiger partial charge in [-0.05, 0) is 31.0 Å². The zero-order valence-corrected chi connectivity index (χ0v) is 16.6. The normalized spacial score (nSPS) is 16.6. The lowest BCUT2D eigenvalue weighted by atomic mass is 10.1. The smallest absolute Gasteiger partial charge is 0.376 e.